The second-order valence-electron chi connectivity index (χ2n) is 13.5. The molecule has 1 aliphatic rings. The number of allylic oxidation sites excluding steroid dienone is 4. The van der Waals surface area contributed by atoms with Crippen molar-refractivity contribution in [3.63, 3.8) is 0 Å². The molecule has 0 N–H and O–H groups in total. The summed E-state index contributed by atoms with van der Waals surface area (Å²) < 4.78 is 0. The molecule has 9 aromatic rings. The predicted octanol–water partition coefficient (Wildman–Crippen LogP) is 14.2. The van der Waals surface area contributed by atoms with Crippen molar-refractivity contribution >= 4 is 59.4 Å². The Balaban J connectivity index is 1.29. The molecule has 0 aliphatic heterocycles. The smallest absolute Gasteiger partial charge is 0.00259 e. The first-order valence-corrected chi connectivity index (χ1v) is 17.7. The minimum atomic E-state index is 1.09. The predicted molar refractivity (Wildman–Crippen MR) is 217 cm³/mol. The maximum Gasteiger partial charge on any atom is -0.00259 e. The highest BCUT2D eigenvalue weighted by Crippen LogP contribution is 2.46. The van der Waals surface area contributed by atoms with Gasteiger partial charge in [-0.3, -0.25) is 0 Å². The summed E-state index contributed by atoms with van der Waals surface area (Å²) in [4.78, 5) is 0. The summed E-state index contributed by atoms with van der Waals surface area (Å²) in [6.45, 7) is 0. The van der Waals surface area contributed by atoms with E-state index in [0.29, 0.717) is 0 Å². The highest BCUT2D eigenvalue weighted by Gasteiger charge is 2.19. The van der Waals surface area contributed by atoms with Crippen molar-refractivity contribution in [1.29, 1.82) is 0 Å². The Morgan fingerprint density at radius 3 is 1.48 bits per heavy atom. The molecule has 0 unspecified atom stereocenters. The van der Waals surface area contributed by atoms with Gasteiger partial charge in [-0.05, 0) is 129 Å². The second-order valence-corrected chi connectivity index (χ2v) is 13.5. The fourth-order valence-electron chi connectivity index (χ4n) is 8.28. The molecule has 0 spiro atoms. The van der Waals surface area contributed by atoms with Gasteiger partial charge in [0.15, 0.2) is 0 Å². The van der Waals surface area contributed by atoms with Crippen LogP contribution >= 0.6 is 0 Å². The normalized spacial score (nSPS) is 13.1. The van der Waals surface area contributed by atoms with Crippen molar-refractivity contribution in [1.82, 2.24) is 0 Å². The largest absolute Gasteiger partial charge is 0.0836 e. The van der Waals surface area contributed by atoms with Crippen LogP contribution in [0.2, 0.25) is 0 Å². The molecule has 50 heavy (non-hydrogen) atoms. The van der Waals surface area contributed by atoms with Crippen molar-refractivity contribution in [2.24, 2.45) is 0 Å². The van der Waals surface area contributed by atoms with Crippen molar-refractivity contribution in [3.8, 4) is 33.4 Å². The molecule has 0 saturated heterocycles. The van der Waals surface area contributed by atoms with Crippen LogP contribution < -0.4 is 0 Å². The Morgan fingerprint density at radius 2 is 0.840 bits per heavy atom. The lowest BCUT2D eigenvalue weighted by Gasteiger charge is -2.20. The molecular formula is C50H34. The van der Waals surface area contributed by atoms with Crippen LogP contribution in [-0.2, 0) is 0 Å². The lowest BCUT2D eigenvalue weighted by molar-refractivity contribution is 1.04. The van der Waals surface area contributed by atoms with Crippen LogP contribution in [-0.4, -0.2) is 0 Å². The Hall–Kier alpha value is -6.24. The van der Waals surface area contributed by atoms with Crippen molar-refractivity contribution in [2.75, 3.05) is 0 Å². The average molecular weight is 635 g/mol. The lowest BCUT2D eigenvalue weighted by atomic mass is 9.83. The van der Waals surface area contributed by atoms with Crippen LogP contribution in [0.1, 0.15) is 18.4 Å². The van der Waals surface area contributed by atoms with E-state index < -0.39 is 0 Å². The lowest BCUT2D eigenvalue weighted by Crippen LogP contribution is -1.93. The van der Waals surface area contributed by atoms with Crippen LogP contribution in [0.5, 0.6) is 0 Å². The van der Waals surface area contributed by atoms with E-state index >= 15 is 0 Å². The van der Waals surface area contributed by atoms with Gasteiger partial charge in [-0.1, -0.05) is 164 Å². The molecule has 0 fully saturated rings. The zero-order valence-corrected chi connectivity index (χ0v) is 27.7. The minimum Gasteiger partial charge on any atom is -0.0836 e. The molecule has 0 atom stereocenters. The molecule has 1 aliphatic carbocycles. The zero-order valence-electron chi connectivity index (χ0n) is 27.7. The molecule has 0 bridgehead atoms. The van der Waals surface area contributed by atoms with E-state index in [1.165, 1.54) is 98.4 Å². The first-order chi connectivity index (χ1) is 24.8. The number of hydrogen-bond donors (Lipinski definition) is 0. The van der Waals surface area contributed by atoms with Gasteiger partial charge in [0.2, 0.25) is 0 Å². The molecule has 10 rings (SSSR count). The summed E-state index contributed by atoms with van der Waals surface area (Å²) in [6, 6.07) is 61.0. The van der Waals surface area contributed by atoms with Gasteiger partial charge in [0, 0.05) is 0 Å². The Morgan fingerprint density at radius 1 is 0.320 bits per heavy atom. The Kier molecular flexibility index (Phi) is 6.74. The van der Waals surface area contributed by atoms with Crippen molar-refractivity contribution < 1.29 is 0 Å². The van der Waals surface area contributed by atoms with E-state index in [-0.39, 0.29) is 0 Å². The van der Waals surface area contributed by atoms with Gasteiger partial charge in [0.05, 0.1) is 0 Å². The second kappa shape index (κ2) is 11.7. The number of fused-ring (bicyclic) bond motifs is 5. The van der Waals surface area contributed by atoms with Gasteiger partial charge in [0.25, 0.3) is 0 Å². The summed E-state index contributed by atoms with van der Waals surface area (Å²) in [7, 11) is 0. The molecule has 0 heteroatoms. The molecule has 0 aromatic heterocycles. The van der Waals surface area contributed by atoms with Gasteiger partial charge in [-0.2, -0.15) is 0 Å². The highest BCUT2D eigenvalue weighted by molar-refractivity contribution is 6.23. The maximum atomic E-state index is 2.46. The maximum absolute atomic E-state index is 2.46. The fourth-order valence-corrected chi connectivity index (χ4v) is 8.28. The highest BCUT2D eigenvalue weighted by atomic mass is 14.2. The van der Waals surface area contributed by atoms with Gasteiger partial charge >= 0.3 is 0 Å². The standard InChI is InChI=1S/C50H34/c1-2-14-35(15-3-1)41-20-10-23-44-42(21-11-22-43(41)44)38-28-29-47-48(32-38)50(40-27-25-34-13-5-7-17-37(34)31-40)46-19-9-8-18-45(46)49(47)39-26-24-33-12-4-6-16-36(33)30-39/h2,4-32H,1,3H2. The van der Waals surface area contributed by atoms with E-state index in [2.05, 4.69) is 182 Å². The Bertz CT molecular complexity index is 2860. The third kappa shape index (κ3) is 4.68. The molecule has 9 aromatic carbocycles. The summed E-state index contributed by atoms with van der Waals surface area (Å²) in [5.41, 5.74) is 10.2. The average Bonchev–Trinajstić information content (AvgIpc) is 3.19. The zero-order chi connectivity index (χ0) is 33.0. The molecular weight excluding hydrogens is 601 g/mol. The van der Waals surface area contributed by atoms with Crippen molar-refractivity contribution in [2.45, 2.75) is 12.8 Å². The van der Waals surface area contributed by atoms with Gasteiger partial charge in [-0.25, -0.2) is 0 Å². The van der Waals surface area contributed by atoms with Crippen LogP contribution in [0.4, 0.5) is 0 Å². The monoisotopic (exact) mass is 634 g/mol. The molecule has 0 nitrogen and oxygen atoms in total. The van der Waals surface area contributed by atoms with E-state index in [0.717, 1.165) is 12.8 Å². The number of benzene rings is 9. The van der Waals surface area contributed by atoms with Gasteiger partial charge in [0.1, 0.15) is 0 Å². The topological polar surface area (TPSA) is 0 Å². The first-order valence-electron chi connectivity index (χ1n) is 17.7. The summed E-state index contributed by atoms with van der Waals surface area (Å²) >= 11 is 0. The van der Waals surface area contributed by atoms with Gasteiger partial charge in [-0.15, -0.1) is 0 Å². The molecule has 0 amide bonds. The SMILES string of the molecule is C1=CC(c2cccc3c(-c4ccc5c(-c6ccc7ccccc7c6)c6ccccc6c(-c6ccc7ccccc7c6)c5c4)cccc23)=CCC1. The van der Waals surface area contributed by atoms with E-state index in [1.807, 2.05) is 0 Å². The van der Waals surface area contributed by atoms with Crippen LogP contribution in [0, 0.1) is 0 Å². The molecule has 234 valence electrons. The fraction of sp³-hybridized carbons (Fsp3) is 0.0400. The third-order valence-electron chi connectivity index (χ3n) is 10.6. The Labute approximate surface area is 292 Å². The third-order valence-corrected chi connectivity index (χ3v) is 10.6. The van der Waals surface area contributed by atoms with E-state index in [9.17, 15) is 0 Å². The number of hydrogen-bond acceptors (Lipinski definition) is 0. The quantitative estimate of drug-likeness (QED) is 0.169. The summed E-state index contributed by atoms with van der Waals surface area (Å²) in [6.07, 6.45) is 9.18. The van der Waals surface area contributed by atoms with E-state index in [4.69, 9.17) is 0 Å². The van der Waals surface area contributed by atoms with Crippen LogP contribution in [0.15, 0.2) is 182 Å². The van der Waals surface area contributed by atoms with Crippen LogP contribution in [0.25, 0.3) is 92.8 Å². The first kappa shape index (κ1) is 28.7. The number of rotatable bonds is 4. The summed E-state index contributed by atoms with van der Waals surface area (Å²) in [5.74, 6) is 0. The summed E-state index contributed by atoms with van der Waals surface area (Å²) in [5, 5.41) is 12.7. The van der Waals surface area contributed by atoms with Crippen LogP contribution in [0.3, 0.4) is 0 Å². The van der Waals surface area contributed by atoms with Crippen molar-refractivity contribution in [3.05, 3.63) is 188 Å². The molecule has 0 heterocycles. The minimum absolute atomic E-state index is 1.09. The van der Waals surface area contributed by atoms with E-state index in [1.54, 1.807) is 0 Å². The molecule has 0 radical (unpaired) electrons. The van der Waals surface area contributed by atoms with Gasteiger partial charge < -0.3 is 0 Å². The molecule has 0 saturated carbocycles.